The van der Waals surface area contributed by atoms with Crippen molar-refractivity contribution >= 4 is 44.6 Å². The number of carbonyl (C=O) groups is 1. The van der Waals surface area contributed by atoms with Crippen molar-refractivity contribution < 1.29 is 13.2 Å². The highest BCUT2D eigenvalue weighted by Crippen LogP contribution is 2.27. The van der Waals surface area contributed by atoms with E-state index in [0.29, 0.717) is 17.3 Å². The molecule has 1 aromatic heterocycles. The minimum Gasteiger partial charge on any atom is -0.351 e. The van der Waals surface area contributed by atoms with Gasteiger partial charge < -0.3 is 5.32 Å². The summed E-state index contributed by atoms with van der Waals surface area (Å²) in [6.07, 6.45) is 0. The molecule has 0 radical (unpaired) electrons. The lowest BCUT2D eigenvalue weighted by Crippen LogP contribution is -2.18. The zero-order valence-corrected chi connectivity index (χ0v) is 14.4. The van der Waals surface area contributed by atoms with Crippen LogP contribution >= 0.6 is 22.9 Å². The predicted molar refractivity (Wildman–Crippen MR) is 88.8 cm³/mol. The number of carbonyl (C=O) groups excluding carboxylic acids is 1. The first kappa shape index (κ1) is 16.8. The molecular weight excluding hydrogens is 344 g/mol. The van der Waals surface area contributed by atoms with E-state index in [1.807, 2.05) is 0 Å². The molecule has 0 aliphatic heterocycles. The number of anilines is 1. The third-order valence-corrected chi connectivity index (χ3v) is 6.04. The highest BCUT2D eigenvalue weighted by Gasteiger charge is 2.18. The monoisotopic (exact) mass is 358 g/mol. The molecular formula is C14H15ClN2O3S2. The van der Waals surface area contributed by atoms with Gasteiger partial charge in [0.25, 0.3) is 10.0 Å². The highest BCUT2D eigenvalue weighted by molar-refractivity contribution is 7.94. The average Bonchev–Trinajstić information content (AvgIpc) is 2.90. The van der Waals surface area contributed by atoms with Crippen LogP contribution in [-0.4, -0.2) is 14.3 Å². The number of halogens is 1. The summed E-state index contributed by atoms with van der Waals surface area (Å²) in [5.41, 5.74) is 1.23. The Labute approximate surface area is 138 Å². The molecule has 8 heteroatoms. The number of thiophene rings is 1. The van der Waals surface area contributed by atoms with Gasteiger partial charge in [0.1, 0.15) is 4.21 Å². The smallest absolute Gasteiger partial charge is 0.271 e. The first-order valence-corrected chi connectivity index (χ1v) is 9.08. The molecule has 2 rings (SSSR count). The fourth-order valence-corrected chi connectivity index (χ4v) is 4.30. The van der Waals surface area contributed by atoms with Crippen LogP contribution in [0, 0.1) is 6.92 Å². The van der Waals surface area contributed by atoms with Gasteiger partial charge in [-0.05, 0) is 36.8 Å². The molecule has 0 aliphatic carbocycles. The Hall–Kier alpha value is -1.57. The quantitative estimate of drug-likeness (QED) is 0.862. The molecule has 1 amide bonds. The lowest BCUT2D eigenvalue weighted by Gasteiger charge is -2.09. The van der Waals surface area contributed by atoms with Gasteiger partial charge in [-0.1, -0.05) is 17.7 Å². The highest BCUT2D eigenvalue weighted by atomic mass is 35.5. The molecule has 0 unspecified atom stereocenters. The summed E-state index contributed by atoms with van der Waals surface area (Å²) in [6, 6.07) is 8.21. The van der Waals surface area contributed by atoms with Gasteiger partial charge in [0.15, 0.2) is 0 Å². The van der Waals surface area contributed by atoms with Crippen LogP contribution in [0.3, 0.4) is 0 Å². The van der Waals surface area contributed by atoms with Gasteiger partial charge in [-0.2, -0.15) is 0 Å². The number of aryl methyl sites for hydroxylation is 1. The molecule has 22 heavy (non-hydrogen) atoms. The number of benzene rings is 1. The first-order chi connectivity index (χ1) is 10.3. The Balaban J connectivity index is 2.20. The van der Waals surface area contributed by atoms with Crippen LogP contribution in [-0.2, 0) is 21.4 Å². The van der Waals surface area contributed by atoms with Crippen molar-refractivity contribution in [2.75, 3.05) is 4.72 Å². The topological polar surface area (TPSA) is 75.3 Å². The van der Waals surface area contributed by atoms with E-state index >= 15 is 0 Å². The molecule has 0 aliphatic rings. The average molecular weight is 359 g/mol. The zero-order valence-electron chi connectivity index (χ0n) is 12.0. The van der Waals surface area contributed by atoms with Gasteiger partial charge in [-0.15, -0.1) is 11.3 Å². The summed E-state index contributed by atoms with van der Waals surface area (Å²) in [4.78, 5) is 11.6. The Morgan fingerprint density at radius 3 is 2.68 bits per heavy atom. The number of hydrogen-bond acceptors (Lipinski definition) is 4. The van der Waals surface area contributed by atoms with E-state index in [2.05, 4.69) is 10.0 Å². The maximum atomic E-state index is 12.4. The van der Waals surface area contributed by atoms with E-state index < -0.39 is 10.0 Å². The van der Waals surface area contributed by atoms with Crippen molar-refractivity contribution in [2.45, 2.75) is 24.6 Å². The minimum atomic E-state index is -3.67. The van der Waals surface area contributed by atoms with Crippen LogP contribution < -0.4 is 10.0 Å². The second-order valence-electron chi connectivity index (χ2n) is 4.70. The van der Waals surface area contributed by atoms with E-state index in [1.54, 1.807) is 31.2 Å². The van der Waals surface area contributed by atoms with E-state index in [-0.39, 0.29) is 10.1 Å². The minimum absolute atomic E-state index is 0.162. The van der Waals surface area contributed by atoms with Crippen LogP contribution in [0.2, 0.25) is 5.02 Å². The Kier molecular flexibility index (Phi) is 5.10. The van der Waals surface area contributed by atoms with Crippen molar-refractivity contribution in [1.82, 2.24) is 5.32 Å². The summed E-state index contributed by atoms with van der Waals surface area (Å²) in [6.45, 7) is 3.52. The SMILES string of the molecule is CC(=O)NCc1ccc(S(=O)(=O)Nc2cc(Cl)ccc2C)s1. The lowest BCUT2D eigenvalue weighted by molar-refractivity contribution is -0.119. The molecule has 0 atom stereocenters. The summed E-state index contributed by atoms with van der Waals surface area (Å²) in [5.74, 6) is -0.162. The van der Waals surface area contributed by atoms with Crippen LogP contribution in [0.1, 0.15) is 17.4 Å². The maximum absolute atomic E-state index is 12.4. The standard InChI is InChI=1S/C14H15ClN2O3S2/c1-9-3-4-11(15)7-13(9)17-22(19,20)14-6-5-12(21-14)8-16-10(2)18/h3-7,17H,8H2,1-2H3,(H,16,18). The van der Waals surface area contributed by atoms with Crippen LogP contribution in [0.15, 0.2) is 34.5 Å². The molecule has 0 fully saturated rings. The molecule has 0 saturated carbocycles. The van der Waals surface area contributed by atoms with E-state index in [4.69, 9.17) is 11.6 Å². The van der Waals surface area contributed by atoms with Gasteiger partial charge in [0.2, 0.25) is 5.91 Å². The predicted octanol–water partition coefficient (Wildman–Crippen LogP) is 3.15. The van der Waals surface area contributed by atoms with Crippen molar-refractivity contribution in [3.8, 4) is 0 Å². The summed E-state index contributed by atoms with van der Waals surface area (Å²) in [5, 5.41) is 3.09. The third-order valence-electron chi connectivity index (χ3n) is 2.86. The summed E-state index contributed by atoms with van der Waals surface area (Å²) in [7, 11) is -3.67. The van der Waals surface area contributed by atoms with Gasteiger partial charge in [0.05, 0.1) is 12.2 Å². The molecule has 0 bridgehead atoms. The summed E-state index contributed by atoms with van der Waals surface area (Å²) < 4.78 is 27.5. The number of rotatable bonds is 5. The van der Waals surface area contributed by atoms with Crippen molar-refractivity contribution in [3.63, 3.8) is 0 Å². The lowest BCUT2D eigenvalue weighted by atomic mass is 10.2. The second kappa shape index (κ2) is 6.68. The summed E-state index contributed by atoms with van der Waals surface area (Å²) >= 11 is 7.01. The van der Waals surface area contributed by atoms with E-state index in [1.165, 1.54) is 13.0 Å². The zero-order chi connectivity index (χ0) is 16.3. The van der Waals surface area contributed by atoms with Crippen molar-refractivity contribution in [2.24, 2.45) is 0 Å². The molecule has 118 valence electrons. The number of hydrogen-bond donors (Lipinski definition) is 2. The largest absolute Gasteiger partial charge is 0.351 e. The van der Waals surface area contributed by atoms with Gasteiger partial charge in [-0.25, -0.2) is 8.42 Å². The van der Waals surface area contributed by atoms with Crippen molar-refractivity contribution in [1.29, 1.82) is 0 Å². The van der Waals surface area contributed by atoms with Crippen LogP contribution in [0.5, 0.6) is 0 Å². The molecule has 1 aromatic carbocycles. The van der Waals surface area contributed by atoms with Crippen LogP contribution in [0.4, 0.5) is 5.69 Å². The van der Waals surface area contributed by atoms with Crippen molar-refractivity contribution in [3.05, 3.63) is 45.8 Å². The second-order valence-corrected chi connectivity index (χ2v) is 8.21. The normalized spacial score (nSPS) is 11.2. The van der Waals surface area contributed by atoms with Gasteiger partial charge in [-0.3, -0.25) is 9.52 Å². The number of nitrogens with one attached hydrogen (secondary N) is 2. The first-order valence-electron chi connectivity index (χ1n) is 6.40. The molecule has 5 nitrogen and oxygen atoms in total. The van der Waals surface area contributed by atoms with E-state index in [9.17, 15) is 13.2 Å². The fourth-order valence-electron chi connectivity index (χ4n) is 1.71. The Morgan fingerprint density at radius 2 is 2.00 bits per heavy atom. The molecule has 0 spiro atoms. The van der Waals surface area contributed by atoms with Crippen LogP contribution in [0.25, 0.3) is 0 Å². The number of sulfonamides is 1. The van der Waals surface area contributed by atoms with E-state index in [0.717, 1.165) is 21.8 Å². The van der Waals surface area contributed by atoms with Gasteiger partial charge in [0, 0.05) is 16.8 Å². The molecule has 2 aromatic rings. The Morgan fingerprint density at radius 1 is 1.27 bits per heavy atom. The Bertz CT molecular complexity index is 800. The maximum Gasteiger partial charge on any atom is 0.271 e. The molecule has 2 N–H and O–H groups in total. The van der Waals surface area contributed by atoms with Gasteiger partial charge >= 0.3 is 0 Å². The number of amides is 1. The molecule has 0 saturated heterocycles. The molecule has 1 heterocycles. The third kappa shape index (κ3) is 4.22. The fraction of sp³-hybridized carbons (Fsp3) is 0.214.